The molecule has 0 aliphatic heterocycles. The number of anilines is 5. The molecular weight excluding hydrogens is 443 g/mol. The van der Waals surface area contributed by atoms with E-state index in [0.29, 0.717) is 5.69 Å². The van der Waals surface area contributed by atoms with Gasteiger partial charge >= 0.3 is 6.36 Å². The number of rotatable bonds is 6. The second-order valence-electron chi connectivity index (χ2n) is 6.43. The van der Waals surface area contributed by atoms with Crippen LogP contribution in [0.1, 0.15) is 0 Å². The topological polar surface area (TPSA) is 63.2 Å². The van der Waals surface area contributed by atoms with E-state index in [9.17, 15) is 13.2 Å². The third kappa shape index (κ3) is 5.44. The van der Waals surface area contributed by atoms with E-state index in [2.05, 4.69) is 25.0 Å². The highest BCUT2D eigenvalue weighted by Crippen LogP contribution is 2.33. The van der Waals surface area contributed by atoms with Crippen molar-refractivity contribution in [1.82, 2.24) is 15.0 Å². The number of aromatic nitrogens is 3. The first kappa shape index (κ1) is 21.4. The third-order valence-corrected chi connectivity index (χ3v) is 4.34. The van der Waals surface area contributed by atoms with Crippen LogP contribution < -0.4 is 15.0 Å². The van der Waals surface area contributed by atoms with Gasteiger partial charge in [-0.3, -0.25) is 4.90 Å². The van der Waals surface area contributed by atoms with Crippen LogP contribution in [0.3, 0.4) is 0 Å². The Morgan fingerprint density at radius 2 is 1.31 bits per heavy atom. The number of nitrogens with zero attached hydrogens (tertiary/aromatic N) is 4. The SMILES string of the molecule is FC(F)(F)Oc1ccc(Nc2nc(Cl)nc(N(c3ccccc3)c3ccccc3)n2)cc1. The summed E-state index contributed by atoms with van der Waals surface area (Å²) in [6, 6.07) is 24.1. The number of ether oxygens (including phenoxy) is 1. The van der Waals surface area contributed by atoms with Crippen molar-refractivity contribution >= 4 is 40.6 Å². The summed E-state index contributed by atoms with van der Waals surface area (Å²) in [5.41, 5.74) is 2.06. The number of hydrogen-bond donors (Lipinski definition) is 1. The maximum atomic E-state index is 12.3. The van der Waals surface area contributed by atoms with Crippen LogP contribution in [0.2, 0.25) is 5.28 Å². The average molecular weight is 458 g/mol. The zero-order valence-corrected chi connectivity index (χ0v) is 17.0. The fourth-order valence-electron chi connectivity index (χ4n) is 2.90. The number of benzene rings is 3. The summed E-state index contributed by atoms with van der Waals surface area (Å²) in [4.78, 5) is 14.6. The fourth-order valence-corrected chi connectivity index (χ4v) is 3.05. The van der Waals surface area contributed by atoms with Crippen LogP contribution in [0.5, 0.6) is 5.75 Å². The van der Waals surface area contributed by atoms with Crippen LogP contribution in [-0.4, -0.2) is 21.3 Å². The summed E-state index contributed by atoms with van der Waals surface area (Å²) in [5, 5.41) is 2.87. The van der Waals surface area contributed by atoms with Gasteiger partial charge in [-0.2, -0.15) is 15.0 Å². The van der Waals surface area contributed by atoms with Gasteiger partial charge in [-0.1, -0.05) is 36.4 Å². The molecule has 0 atom stereocenters. The van der Waals surface area contributed by atoms with Gasteiger partial charge < -0.3 is 10.1 Å². The van der Waals surface area contributed by atoms with Gasteiger partial charge in [-0.15, -0.1) is 13.2 Å². The molecule has 4 aromatic rings. The second kappa shape index (κ2) is 9.11. The fraction of sp³-hybridized carbons (Fsp3) is 0.0455. The van der Waals surface area contributed by atoms with Crippen molar-refractivity contribution in [1.29, 1.82) is 0 Å². The van der Waals surface area contributed by atoms with Crippen molar-refractivity contribution in [3.8, 4) is 5.75 Å². The summed E-state index contributed by atoms with van der Waals surface area (Å²) in [7, 11) is 0. The Bertz CT molecular complexity index is 1140. The van der Waals surface area contributed by atoms with Crippen molar-refractivity contribution in [3.05, 3.63) is 90.2 Å². The molecule has 162 valence electrons. The zero-order chi connectivity index (χ0) is 22.6. The van der Waals surface area contributed by atoms with Crippen LogP contribution in [-0.2, 0) is 0 Å². The summed E-state index contributed by atoms with van der Waals surface area (Å²) >= 11 is 6.16. The molecule has 0 saturated heterocycles. The van der Waals surface area contributed by atoms with E-state index in [1.807, 2.05) is 60.7 Å². The van der Waals surface area contributed by atoms with Gasteiger partial charge in [0.15, 0.2) is 0 Å². The molecule has 0 aliphatic carbocycles. The van der Waals surface area contributed by atoms with E-state index in [0.717, 1.165) is 11.4 Å². The molecule has 0 spiro atoms. The number of nitrogens with one attached hydrogen (secondary N) is 1. The number of alkyl halides is 3. The lowest BCUT2D eigenvalue weighted by atomic mass is 10.2. The molecule has 10 heteroatoms. The highest BCUT2D eigenvalue weighted by Gasteiger charge is 2.31. The molecule has 1 N–H and O–H groups in total. The lowest BCUT2D eigenvalue weighted by Crippen LogP contribution is -2.17. The molecule has 0 unspecified atom stereocenters. The molecule has 1 aromatic heterocycles. The largest absolute Gasteiger partial charge is 0.573 e. The van der Waals surface area contributed by atoms with E-state index < -0.39 is 6.36 Å². The normalized spacial score (nSPS) is 11.1. The zero-order valence-electron chi connectivity index (χ0n) is 16.3. The van der Waals surface area contributed by atoms with Gasteiger partial charge in [0.25, 0.3) is 0 Å². The molecule has 0 bridgehead atoms. The van der Waals surface area contributed by atoms with Crippen LogP contribution in [0.4, 0.5) is 42.1 Å². The first-order valence-corrected chi connectivity index (χ1v) is 9.70. The Labute approximate surface area is 186 Å². The molecule has 1 heterocycles. The molecule has 4 rings (SSSR count). The molecule has 3 aromatic carbocycles. The number of halogens is 4. The Morgan fingerprint density at radius 3 is 1.84 bits per heavy atom. The predicted octanol–water partition coefficient (Wildman–Crippen LogP) is 6.64. The van der Waals surface area contributed by atoms with E-state index in [4.69, 9.17) is 11.6 Å². The van der Waals surface area contributed by atoms with Gasteiger partial charge in [0, 0.05) is 17.1 Å². The van der Waals surface area contributed by atoms with Crippen molar-refractivity contribution in [2.24, 2.45) is 0 Å². The lowest BCUT2D eigenvalue weighted by molar-refractivity contribution is -0.274. The Balaban J connectivity index is 1.65. The molecule has 0 fully saturated rings. The smallest absolute Gasteiger partial charge is 0.406 e. The highest BCUT2D eigenvalue weighted by atomic mass is 35.5. The maximum absolute atomic E-state index is 12.3. The van der Waals surface area contributed by atoms with Gasteiger partial charge in [0.1, 0.15) is 5.75 Å². The number of para-hydroxylation sites is 2. The maximum Gasteiger partial charge on any atom is 0.573 e. The van der Waals surface area contributed by atoms with Crippen molar-refractivity contribution in [3.63, 3.8) is 0 Å². The second-order valence-corrected chi connectivity index (χ2v) is 6.77. The van der Waals surface area contributed by atoms with Crippen LogP contribution in [0.15, 0.2) is 84.9 Å². The molecule has 0 radical (unpaired) electrons. The van der Waals surface area contributed by atoms with Crippen LogP contribution in [0, 0.1) is 0 Å². The summed E-state index contributed by atoms with van der Waals surface area (Å²) in [6.45, 7) is 0. The van der Waals surface area contributed by atoms with E-state index >= 15 is 0 Å². The Kier molecular flexibility index (Phi) is 6.09. The van der Waals surface area contributed by atoms with Crippen molar-refractivity contribution in [2.45, 2.75) is 6.36 Å². The average Bonchev–Trinajstić information content (AvgIpc) is 2.76. The van der Waals surface area contributed by atoms with Crippen LogP contribution in [0.25, 0.3) is 0 Å². The van der Waals surface area contributed by atoms with Gasteiger partial charge in [0.2, 0.25) is 17.2 Å². The summed E-state index contributed by atoms with van der Waals surface area (Å²) in [5.74, 6) is 0.0556. The Morgan fingerprint density at radius 1 is 0.750 bits per heavy atom. The minimum absolute atomic E-state index is 0.0496. The number of hydrogen-bond acceptors (Lipinski definition) is 6. The molecule has 0 aliphatic rings. The van der Waals surface area contributed by atoms with Gasteiger partial charge in [-0.05, 0) is 60.1 Å². The first-order valence-electron chi connectivity index (χ1n) is 9.32. The predicted molar refractivity (Wildman–Crippen MR) is 116 cm³/mol. The van der Waals surface area contributed by atoms with Crippen molar-refractivity contribution < 1.29 is 17.9 Å². The highest BCUT2D eigenvalue weighted by molar-refractivity contribution is 6.28. The standard InChI is InChI=1S/C22H15ClF3N5O/c23-19-28-20(27-15-11-13-18(14-12-15)32-22(24,25)26)30-21(29-19)31(16-7-3-1-4-8-16)17-9-5-2-6-10-17/h1-14H,(H,27,28,29,30). The van der Waals surface area contributed by atoms with E-state index in [1.165, 1.54) is 24.3 Å². The molecule has 6 nitrogen and oxygen atoms in total. The van der Waals surface area contributed by atoms with E-state index in [-0.39, 0.29) is 22.9 Å². The van der Waals surface area contributed by atoms with E-state index in [1.54, 1.807) is 4.90 Å². The lowest BCUT2D eigenvalue weighted by Gasteiger charge is -2.23. The first-order chi connectivity index (χ1) is 15.4. The van der Waals surface area contributed by atoms with Crippen molar-refractivity contribution in [2.75, 3.05) is 10.2 Å². The summed E-state index contributed by atoms with van der Waals surface area (Å²) in [6.07, 6.45) is -4.76. The van der Waals surface area contributed by atoms with Gasteiger partial charge in [-0.25, -0.2) is 0 Å². The molecular formula is C22H15ClF3N5O. The minimum Gasteiger partial charge on any atom is -0.406 e. The van der Waals surface area contributed by atoms with Crippen LogP contribution >= 0.6 is 11.6 Å². The monoisotopic (exact) mass is 457 g/mol. The molecule has 0 amide bonds. The minimum atomic E-state index is -4.76. The Hall–Kier alpha value is -3.85. The molecule has 0 saturated carbocycles. The molecule has 32 heavy (non-hydrogen) atoms. The third-order valence-electron chi connectivity index (χ3n) is 4.17. The quantitative estimate of drug-likeness (QED) is 0.350. The van der Waals surface area contributed by atoms with Gasteiger partial charge in [0.05, 0.1) is 0 Å². The summed E-state index contributed by atoms with van der Waals surface area (Å²) < 4.78 is 40.9.